The molecule has 0 aromatic carbocycles. The molecule has 86 valence electrons. The van der Waals surface area contributed by atoms with Gasteiger partial charge in [0.05, 0.1) is 23.4 Å². The van der Waals surface area contributed by atoms with E-state index in [-0.39, 0.29) is 0 Å². The molecule has 2 aromatic rings. The largest absolute Gasteiger partial charge is 0.468 e. The standard InChI is InChI=1S/C11H15N3OS/c1-8(2)11-10(16-14-13-11)7-12-6-9-4-3-5-15-9/h3-5,8,12H,6-7H2,1-2H3. The number of furan rings is 1. The van der Waals surface area contributed by atoms with Crippen molar-refractivity contribution in [2.45, 2.75) is 32.9 Å². The third-order valence-electron chi connectivity index (χ3n) is 2.30. The summed E-state index contributed by atoms with van der Waals surface area (Å²) >= 11 is 1.46. The van der Waals surface area contributed by atoms with Crippen molar-refractivity contribution in [2.24, 2.45) is 0 Å². The van der Waals surface area contributed by atoms with E-state index >= 15 is 0 Å². The van der Waals surface area contributed by atoms with Crippen molar-refractivity contribution in [3.8, 4) is 0 Å². The quantitative estimate of drug-likeness (QED) is 0.868. The van der Waals surface area contributed by atoms with E-state index in [9.17, 15) is 0 Å². The molecule has 0 bridgehead atoms. The van der Waals surface area contributed by atoms with Gasteiger partial charge < -0.3 is 9.73 Å². The molecule has 0 amide bonds. The molecule has 0 fully saturated rings. The van der Waals surface area contributed by atoms with Crippen LogP contribution < -0.4 is 5.32 Å². The normalized spacial score (nSPS) is 11.2. The van der Waals surface area contributed by atoms with Crippen LogP contribution in [0.2, 0.25) is 0 Å². The summed E-state index contributed by atoms with van der Waals surface area (Å²) in [5.74, 6) is 1.38. The van der Waals surface area contributed by atoms with Crippen LogP contribution in [-0.2, 0) is 13.1 Å². The Morgan fingerprint density at radius 3 is 3.00 bits per heavy atom. The van der Waals surface area contributed by atoms with Gasteiger partial charge in [0.2, 0.25) is 0 Å². The van der Waals surface area contributed by atoms with E-state index in [1.54, 1.807) is 6.26 Å². The second-order valence-corrected chi connectivity index (χ2v) is 4.76. The van der Waals surface area contributed by atoms with E-state index in [2.05, 4.69) is 28.8 Å². The van der Waals surface area contributed by atoms with Gasteiger partial charge in [-0.05, 0) is 29.6 Å². The highest BCUT2D eigenvalue weighted by Gasteiger charge is 2.10. The Bertz CT molecular complexity index is 422. The van der Waals surface area contributed by atoms with Crippen molar-refractivity contribution in [1.82, 2.24) is 14.9 Å². The van der Waals surface area contributed by atoms with Crippen molar-refractivity contribution in [2.75, 3.05) is 0 Å². The minimum absolute atomic E-state index is 0.430. The molecule has 0 unspecified atom stereocenters. The smallest absolute Gasteiger partial charge is 0.117 e. The Morgan fingerprint density at radius 2 is 2.31 bits per heavy atom. The molecule has 0 saturated carbocycles. The highest BCUT2D eigenvalue weighted by molar-refractivity contribution is 7.05. The zero-order valence-corrected chi connectivity index (χ0v) is 10.3. The summed E-state index contributed by atoms with van der Waals surface area (Å²) in [6, 6.07) is 3.85. The molecule has 0 aliphatic carbocycles. The lowest BCUT2D eigenvalue weighted by molar-refractivity contribution is 0.483. The van der Waals surface area contributed by atoms with Gasteiger partial charge in [0, 0.05) is 6.54 Å². The van der Waals surface area contributed by atoms with Crippen molar-refractivity contribution in [3.05, 3.63) is 34.7 Å². The topological polar surface area (TPSA) is 51.0 Å². The minimum Gasteiger partial charge on any atom is -0.468 e. The molecular formula is C11H15N3OS. The number of hydrogen-bond donors (Lipinski definition) is 1. The number of aromatic nitrogens is 2. The molecule has 1 N–H and O–H groups in total. The molecule has 0 atom stereocenters. The molecule has 16 heavy (non-hydrogen) atoms. The van der Waals surface area contributed by atoms with E-state index in [1.807, 2.05) is 12.1 Å². The summed E-state index contributed by atoms with van der Waals surface area (Å²) < 4.78 is 9.23. The molecule has 2 rings (SSSR count). The van der Waals surface area contributed by atoms with Gasteiger partial charge in [-0.1, -0.05) is 18.3 Å². The third kappa shape index (κ3) is 2.68. The van der Waals surface area contributed by atoms with E-state index in [0.29, 0.717) is 5.92 Å². The molecule has 2 heterocycles. The Labute approximate surface area is 98.8 Å². The Balaban J connectivity index is 1.87. The maximum Gasteiger partial charge on any atom is 0.117 e. The summed E-state index contributed by atoms with van der Waals surface area (Å²) in [5, 5.41) is 7.46. The minimum atomic E-state index is 0.430. The predicted octanol–water partition coefficient (Wildman–Crippen LogP) is 2.54. The SMILES string of the molecule is CC(C)c1nnsc1CNCc1ccco1. The van der Waals surface area contributed by atoms with Gasteiger partial charge >= 0.3 is 0 Å². The Hall–Kier alpha value is -1.20. The molecule has 0 radical (unpaired) electrons. The summed E-state index contributed by atoms with van der Waals surface area (Å²) in [6.07, 6.45) is 1.69. The van der Waals surface area contributed by atoms with Crippen LogP contribution in [-0.4, -0.2) is 9.59 Å². The maximum atomic E-state index is 5.24. The lowest BCUT2D eigenvalue weighted by Crippen LogP contribution is -2.12. The summed E-state index contributed by atoms with van der Waals surface area (Å²) in [6.45, 7) is 5.80. The maximum absolute atomic E-state index is 5.24. The second kappa shape index (κ2) is 5.23. The van der Waals surface area contributed by atoms with E-state index in [4.69, 9.17) is 4.42 Å². The molecular weight excluding hydrogens is 222 g/mol. The average molecular weight is 237 g/mol. The predicted molar refractivity (Wildman–Crippen MR) is 63.2 cm³/mol. The fraction of sp³-hybridized carbons (Fsp3) is 0.455. The molecule has 4 nitrogen and oxygen atoms in total. The van der Waals surface area contributed by atoms with Crippen molar-refractivity contribution >= 4 is 11.5 Å². The summed E-state index contributed by atoms with van der Waals surface area (Å²) in [7, 11) is 0. The highest BCUT2D eigenvalue weighted by atomic mass is 32.1. The first-order valence-corrected chi connectivity index (χ1v) is 6.09. The first kappa shape index (κ1) is 11.3. The van der Waals surface area contributed by atoms with Crippen molar-refractivity contribution in [1.29, 1.82) is 0 Å². The van der Waals surface area contributed by atoms with Gasteiger partial charge in [-0.3, -0.25) is 0 Å². The number of nitrogens with one attached hydrogen (secondary N) is 1. The molecule has 5 heteroatoms. The van der Waals surface area contributed by atoms with Gasteiger partial charge in [0.15, 0.2) is 0 Å². The van der Waals surface area contributed by atoms with Crippen LogP contribution in [0.15, 0.2) is 22.8 Å². The van der Waals surface area contributed by atoms with E-state index < -0.39 is 0 Å². The highest BCUT2D eigenvalue weighted by Crippen LogP contribution is 2.19. The van der Waals surface area contributed by atoms with Crippen LogP contribution in [0.1, 0.15) is 36.1 Å². The number of hydrogen-bond acceptors (Lipinski definition) is 5. The first-order chi connectivity index (χ1) is 7.77. The van der Waals surface area contributed by atoms with Gasteiger partial charge in [0.1, 0.15) is 5.76 Å². The molecule has 2 aromatic heterocycles. The van der Waals surface area contributed by atoms with E-state index in [1.165, 1.54) is 16.4 Å². The monoisotopic (exact) mass is 237 g/mol. The molecule has 0 aliphatic rings. The second-order valence-electron chi connectivity index (χ2n) is 3.92. The van der Waals surface area contributed by atoms with E-state index in [0.717, 1.165) is 24.5 Å². The Morgan fingerprint density at radius 1 is 1.44 bits per heavy atom. The first-order valence-electron chi connectivity index (χ1n) is 5.31. The number of rotatable bonds is 5. The van der Waals surface area contributed by atoms with Crippen LogP contribution >= 0.6 is 11.5 Å². The fourth-order valence-corrected chi connectivity index (χ4v) is 2.25. The van der Waals surface area contributed by atoms with Crippen LogP contribution in [0.25, 0.3) is 0 Å². The van der Waals surface area contributed by atoms with Crippen molar-refractivity contribution < 1.29 is 4.42 Å². The van der Waals surface area contributed by atoms with Crippen LogP contribution in [0.5, 0.6) is 0 Å². The number of nitrogens with zero attached hydrogens (tertiary/aromatic N) is 2. The van der Waals surface area contributed by atoms with Gasteiger partial charge in [0.25, 0.3) is 0 Å². The molecule has 0 aliphatic heterocycles. The third-order valence-corrected chi connectivity index (χ3v) is 3.03. The zero-order valence-electron chi connectivity index (χ0n) is 9.43. The van der Waals surface area contributed by atoms with Gasteiger partial charge in [-0.15, -0.1) is 5.10 Å². The average Bonchev–Trinajstić information content (AvgIpc) is 2.87. The van der Waals surface area contributed by atoms with Crippen molar-refractivity contribution in [3.63, 3.8) is 0 Å². The summed E-state index contributed by atoms with van der Waals surface area (Å²) in [5.41, 5.74) is 1.09. The molecule has 0 saturated heterocycles. The Kier molecular flexibility index (Phi) is 3.69. The fourth-order valence-electron chi connectivity index (χ4n) is 1.49. The van der Waals surface area contributed by atoms with Gasteiger partial charge in [-0.2, -0.15) is 0 Å². The summed E-state index contributed by atoms with van der Waals surface area (Å²) in [4.78, 5) is 1.21. The van der Waals surface area contributed by atoms with Crippen LogP contribution in [0, 0.1) is 0 Å². The zero-order chi connectivity index (χ0) is 11.4. The van der Waals surface area contributed by atoms with Gasteiger partial charge in [-0.25, -0.2) is 0 Å². The van der Waals surface area contributed by atoms with Crippen LogP contribution in [0.4, 0.5) is 0 Å². The lowest BCUT2D eigenvalue weighted by atomic mass is 10.1. The van der Waals surface area contributed by atoms with Crippen LogP contribution in [0.3, 0.4) is 0 Å². The molecule has 0 spiro atoms. The lowest BCUT2D eigenvalue weighted by Gasteiger charge is -2.04.